The minimum Gasteiger partial charge on any atom is -0.497 e. The molecule has 0 saturated carbocycles. The van der Waals surface area contributed by atoms with Gasteiger partial charge in [-0.1, -0.05) is 24.3 Å². The zero-order valence-corrected chi connectivity index (χ0v) is 16.6. The number of methoxy groups -OCH3 is 1. The Bertz CT molecular complexity index is 1240. The van der Waals surface area contributed by atoms with Crippen molar-refractivity contribution in [3.63, 3.8) is 0 Å². The molecule has 0 aliphatic rings. The van der Waals surface area contributed by atoms with Gasteiger partial charge in [-0.25, -0.2) is 4.98 Å². The number of hydrogen-bond acceptors (Lipinski definition) is 5. The van der Waals surface area contributed by atoms with Gasteiger partial charge in [-0.05, 0) is 29.8 Å². The number of benzene rings is 2. The van der Waals surface area contributed by atoms with Crippen LogP contribution < -0.4 is 15.5 Å². The Hall–Kier alpha value is -3.94. The molecular formula is C22H21N5O3. The number of aromatic nitrogens is 4. The number of hydrogen-bond donors (Lipinski definition) is 1. The number of carbonyl (C=O) groups is 1. The number of fused-ring (bicyclic) bond motifs is 1. The summed E-state index contributed by atoms with van der Waals surface area (Å²) in [4.78, 5) is 29.4. The number of amides is 1. The maximum atomic E-state index is 12.9. The van der Waals surface area contributed by atoms with Crippen molar-refractivity contribution in [2.24, 2.45) is 7.05 Å². The fraction of sp³-hybridized carbons (Fsp3) is 0.182. The Balaban J connectivity index is 1.63. The van der Waals surface area contributed by atoms with E-state index in [9.17, 15) is 9.59 Å². The Morgan fingerprint density at radius 1 is 1.17 bits per heavy atom. The molecule has 0 saturated heterocycles. The van der Waals surface area contributed by atoms with Crippen LogP contribution in [0.2, 0.25) is 0 Å². The first-order valence-electron chi connectivity index (χ1n) is 9.42. The summed E-state index contributed by atoms with van der Waals surface area (Å²) >= 11 is 0. The van der Waals surface area contributed by atoms with E-state index in [1.807, 2.05) is 48.1 Å². The molecule has 0 spiro atoms. The van der Waals surface area contributed by atoms with Crippen LogP contribution in [-0.2, 0) is 18.4 Å². The van der Waals surface area contributed by atoms with E-state index < -0.39 is 6.04 Å². The number of ether oxygens (including phenoxy) is 1. The number of carbonyl (C=O) groups excluding carboxylic acids is 1. The number of rotatable bonds is 6. The quantitative estimate of drug-likeness (QED) is 0.532. The second-order valence-corrected chi connectivity index (χ2v) is 6.85. The highest BCUT2D eigenvalue weighted by molar-refractivity contribution is 5.81. The van der Waals surface area contributed by atoms with Crippen LogP contribution in [0.1, 0.15) is 17.4 Å². The fourth-order valence-corrected chi connectivity index (χ4v) is 3.38. The van der Waals surface area contributed by atoms with Crippen molar-refractivity contribution in [2.75, 3.05) is 7.11 Å². The predicted molar refractivity (Wildman–Crippen MR) is 112 cm³/mol. The molecule has 8 nitrogen and oxygen atoms in total. The molecule has 2 aromatic carbocycles. The van der Waals surface area contributed by atoms with Crippen LogP contribution in [0.15, 0.2) is 71.9 Å². The Kier molecular flexibility index (Phi) is 5.30. The van der Waals surface area contributed by atoms with E-state index in [4.69, 9.17) is 4.74 Å². The molecule has 2 heterocycles. The third-order valence-electron chi connectivity index (χ3n) is 4.93. The van der Waals surface area contributed by atoms with Crippen molar-refractivity contribution in [1.82, 2.24) is 24.6 Å². The van der Waals surface area contributed by atoms with Crippen molar-refractivity contribution in [3.8, 4) is 5.75 Å². The summed E-state index contributed by atoms with van der Waals surface area (Å²) in [5.41, 5.74) is 1.31. The molecule has 4 rings (SSSR count). The Morgan fingerprint density at radius 3 is 2.63 bits per heavy atom. The topological polar surface area (TPSA) is 91.0 Å². The second-order valence-electron chi connectivity index (χ2n) is 6.85. The monoisotopic (exact) mass is 403 g/mol. The van der Waals surface area contributed by atoms with Gasteiger partial charge in [-0.3, -0.25) is 14.3 Å². The molecule has 4 aromatic rings. The van der Waals surface area contributed by atoms with Crippen molar-refractivity contribution >= 4 is 16.8 Å². The number of nitrogens with zero attached hydrogens (tertiary/aromatic N) is 4. The lowest BCUT2D eigenvalue weighted by Gasteiger charge is -2.20. The number of nitrogens with one attached hydrogen (secondary N) is 1. The van der Waals surface area contributed by atoms with E-state index in [0.717, 1.165) is 11.3 Å². The van der Waals surface area contributed by atoms with Crippen molar-refractivity contribution < 1.29 is 9.53 Å². The zero-order valence-electron chi connectivity index (χ0n) is 16.6. The molecule has 1 N–H and O–H groups in total. The number of para-hydroxylation sites is 1. The molecule has 1 amide bonds. The van der Waals surface area contributed by atoms with Gasteiger partial charge in [0.1, 0.15) is 24.2 Å². The third-order valence-corrected chi connectivity index (χ3v) is 4.93. The van der Waals surface area contributed by atoms with E-state index in [-0.39, 0.29) is 17.9 Å². The van der Waals surface area contributed by atoms with Gasteiger partial charge in [0, 0.05) is 24.8 Å². The predicted octanol–water partition coefficient (Wildman–Crippen LogP) is 2.04. The van der Waals surface area contributed by atoms with Crippen LogP contribution in [0.25, 0.3) is 10.9 Å². The molecule has 0 radical (unpaired) electrons. The average molecular weight is 403 g/mol. The van der Waals surface area contributed by atoms with Crippen LogP contribution in [0, 0.1) is 0 Å². The average Bonchev–Trinajstić information content (AvgIpc) is 3.20. The molecule has 0 aliphatic heterocycles. The van der Waals surface area contributed by atoms with Crippen LogP contribution in [0.3, 0.4) is 0 Å². The summed E-state index contributed by atoms with van der Waals surface area (Å²) in [5, 5.41) is 7.70. The van der Waals surface area contributed by atoms with Crippen molar-refractivity contribution in [3.05, 3.63) is 88.7 Å². The third kappa shape index (κ3) is 3.80. The van der Waals surface area contributed by atoms with Crippen molar-refractivity contribution in [2.45, 2.75) is 12.6 Å². The lowest BCUT2D eigenvalue weighted by molar-refractivity contribution is -0.122. The van der Waals surface area contributed by atoms with Crippen LogP contribution in [0.4, 0.5) is 0 Å². The highest BCUT2D eigenvalue weighted by atomic mass is 16.5. The highest BCUT2D eigenvalue weighted by Gasteiger charge is 2.21. The van der Waals surface area contributed by atoms with E-state index in [1.54, 1.807) is 31.5 Å². The van der Waals surface area contributed by atoms with Crippen LogP contribution >= 0.6 is 0 Å². The number of aryl methyl sites for hydroxylation is 1. The smallest absolute Gasteiger partial charge is 0.242 e. The SMILES string of the molecule is COc1ccc(C(NC(=O)Cn2ncc(=O)c3ccccc32)c2nccn2C)cc1. The van der Waals surface area contributed by atoms with Gasteiger partial charge in [-0.2, -0.15) is 5.10 Å². The molecule has 1 unspecified atom stereocenters. The highest BCUT2D eigenvalue weighted by Crippen LogP contribution is 2.23. The van der Waals surface area contributed by atoms with Gasteiger partial charge in [0.05, 0.1) is 18.8 Å². The van der Waals surface area contributed by atoms with E-state index in [0.29, 0.717) is 16.7 Å². The molecule has 0 aliphatic carbocycles. The maximum absolute atomic E-state index is 12.9. The normalized spacial score (nSPS) is 11.9. The van der Waals surface area contributed by atoms with Gasteiger partial charge >= 0.3 is 0 Å². The molecule has 30 heavy (non-hydrogen) atoms. The van der Waals surface area contributed by atoms with Gasteiger partial charge in [0.15, 0.2) is 0 Å². The van der Waals surface area contributed by atoms with Crippen LogP contribution in [0.5, 0.6) is 5.75 Å². The summed E-state index contributed by atoms with van der Waals surface area (Å²) in [5.74, 6) is 1.18. The number of imidazole rings is 1. The first kappa shape index (κ1) is 19.4. The Labute approximate surface area is 172 Å². The summed E-state index contributed by atoms with van der Waals surface area (Å²) < 4.78 is 8.62. The van der Waals surface area contributed by atoms with E-state index in [2.05, 4.69) is 15.4 Å². The fourth-order valence-electron chi connectivity index (χ4n) is 3.38. The summed E-state index contributed by atoms with van der Waals surface area (Å²) in [6.07, 6.45) is 4.75. The van der Waals surface area contributed by atoms with Gasteiger partial charge in [-0.15, -0.1) is 0 Å². The molecule has 0 fully saturated rings. The van der Waals surface area contributed by atoms with Gasteiger partial charge in [0.2, 0.25) is 11.3 Å². The van der Waals surface area contributed by atoms with Crippen LogP contribution in [-0.4, -0.2) is 32.3 Å². The standard InChI is InChI=1S/C22H21N5O3/c1-26-12-11-23-22(26)21(15-7-9-16(30-2)10-8-15)25-20(29)14-27-18-6-4-3-5-17(18)19(28)13-24-27/h3-13,21H,14H2,1-2H3,(H,25,29). The van der Waals surface area contributed by atoms with E-state index >= 15 is 0 Å². The molecule has 0 bridgehead atoms. The zero-order chi connectivity index (χ0) is 21.1. The molecule has 1 atom stereocenters. The van der Waals surface area contributed by atoms with Gasteiger partial charge < -0.3 is 14.6 Å². The summed E-state index contributed by atoms with van der Waals surface area (Å²) in [7, 11) is 3.48. The molecule has 152 valence electrons. The molecule has 2 aromatic heterocycles. The molecular weight excluding hydrogens is 382 g/mol. The largest absolute Gasteiger partial charge is 0.497 e. The first-order valence-corrected chi connectivity index (χ1v) is 9.42. The van der Waals surface area contributed by atoms with Crippen molar-refractivity contribution in [1.29, 1.82) is 0 Å². The second kappa shape index (κ2) is 8.20. The lowest BCUT2D eigenvalue weighted by atomic mass is 10.1. The van der Waals surface area contributed by atoms with E-state index in [1.165, 1.54) is 10.9 Å². The van der Waals surface area contributed by atoms with Gasteiger partial charge in [0.25, 0.3) is 0 Å². The maximum Gasteiger partial charge on any atom is 0.242 e. The summed E-state index contributed by atoms with van der Waals surface area (Å²) in [6.45, 7) is -0.0299. The summed E-state index contributed by atoms with van der Waals surface area (Å²) in [6, 6.07) is 14.1. The molecule has 8 heteroatoms. The lowest BCUT2D eigenvalue weighted by Crippen LogP contribution is -2.34. The Morgan fingerprint density at radius 2 is 1.93 bits per heavy atom. The minimum absolute atomic E-state index is 0.0299. The first-order chi connectivity index (χ1) is 14.6. The minimum atomic E-state index is -0.450.